The molecule has 0 atom stereocenters. The van der Waals surface area contributed by atoms with Crippen LogP contribution in [0.25, 0.3) is 11.0 Å². The number of halogens is 3. The van der Waals surface area contributed by atoms with Crippen molar-refractivity contribution in [1.29, 1.82) is 0 Å². The van der Waals surface area contributed by atoms with Gasteiger partial charge in [-0.15, -0.1) is 0 Å². The summed E-state index contributed by atoms with van der Waals surface area (Å²) in [5.41, 5.74) is 0.934. The van der Waals surface area contributed by atoms with Crippen molar-refractivity contribution in [3.05, 3.63) is 17.6 Å². The monoisotopic (exact) mass is 258 g/mol. The lowest BCUT2D eigenvalue weighted by Gasteiger charge is -2.12. The Balaban J connectivity index is 2.64. The van der Waals surface area contributed by atoms with Crippen molar-refractivity contribution in [1.82, 2.24) is 15.0 Å². The minimum Gasteiger partial charge on any atom is -0.367 e. The zero-order valence-corrected chi connectivity index (χ0v) is 10.2. The molecule has 0 fully saturated rings. The van der Waals surface area contributed by atoms with E-state index in [1.165, 1.54) is 0 Å². The largest absolute Gasteiger partial charge is 0.451 e. The molecule has 0 aromatic carbocycles. The molecule has 0 bridgehead atoms. The number of rotatable bonds is 2. The predicted octanol–water partition coefficient (Wildman–Crippen LogP) is 3.11. The second kappa shape index (κ2) is 4.15. The molecule has 0 radical (unpaired) electrons. The highest BCUT2D eigenvalue weighted by molar-refractivity contribution is 5.88. The second-order valence-electron chi connectivity index (χ2n) is 4.41. The molecular weight excluding hydrogens is 245 g/mol. The van der Waals surface area contributed by atoms with Crippen molar-refractivity contribution in [2.24, 2.45) is 0 Å². The lowest BCUT2D eigenvalue weighted by atomic mass is 10.3. The van der Waals surface area contributed by atoms with Crippen molar-refractivity contribution in [3.8, 4) is 0 Å². The summed E-state index contributed by atoms with van der Waals surface area (Å²) < 4.78 is 38.0. The quantitative estimate of drug-likeness (QED) is 0.870. The Morgan fingerprint density at radius 1 is 1.28 bits per heavy atom. The molecule has 2 heterocycles. The molecule has 0 amide bonds. The molecule has 7 heteroatoms. The van der Waals surface area contributed by atoms with Gasteiger partial charge in [-0.2, -0.15) is 13.2 Å². The molecule has 0 saturated heterocycles. The maximum atomic E-state index is 12.7. The fraction of sp³-hybridized carbons (Fsp3) is 0.455. The molecule has 0 aliphatic carbocycles. The van der Waals surface area contributed by atoms with Gasteiger partial charge in [0.15, 0.2) is 0 Å². The zero-order chi connectivity index (χ0) is 13.5. The van der Waals surface area contributed by atoms with Gasteiger partial charge >= 0.3 is 6.18 Å². The van der Waals surface area contributed by atoms with E-state index in [0.29, 0.717) is 5.39 Å². The predicted molar refractivity (Wildman–Crippen MR) is 62.4 cm³/mol. The lowest BCUT2D eigenvalue weighted by molar-refractivity contribution is -0.144. The van der Waals surface area contributed by atoms with Crippen molar-refractivity contribution in [3.63, 3.8) is 0 Å². The van der Waals surface area contributed by atoms with E-state index in [0.717, 1.165) is 5.69 Å². The molecule has 2 aromatic heterocycles. The summed E-state index contributed by atoms with van der Waals surface area (Å²) in [6.07, 6.45) is -4.55. The van der Waals surface area contributed by atoms with Crippen molar-refractivity contribution >= 4 is 16.9 Å². The summed E-state index contributed by atoms with van der Waals surface area (Å²) in [4.78, 5) is 9.86. The summed E-state index contributed by atoms with van der Waals surface area (Å²) in [5, 5.41) is 3.47. The van der Waals surface area contributed by atoms with Gasteiger partial charge in [0.05, 0.1) is 5.39 Å². The van der Waals surface area contributed by atoms with Gasteiger partial charge in [0.25, 0.3) is 0 Å². The summed E-state index contributed by atoms with van der Waals surface area (Å²) in [6.45, 7) is 5.43. The molecule has 0 spiro atoms. The van der Waals surface area contributed by atoms with Crippen LogP contribution >= 0.6 is 0 Å². The number of hydrogen-bond donors (Lipinski definition) is 2. The molecule has 2 N–H and O–H groups in total. The molecular formula is C11H13F3N4. The molecule has 18 heavy (non-hydrogen) atoms. The maximum Gasteiger partial charge on any atom is 0.451 e. The Kier molecular flexibility index (Phi) is 2.92. The van der Waals surface area contributed by atoms with Crippen molar-refractivity contribution < 1.29 is 13.2 Å². The summed E-state index contributed by atoms with van der Waals surface area (Å²) in [6, 6.07) is 1.71. The third-order valence-corrected chi connectivity index (χ3v) is 2.30. The number of hydrogen-bond acceptors (Lipinski definition) is 3. The number of H-pyrrole nitrogens is 1. The fourth-order valence-electron chi connectivity index (χ4n) is 1.65. The van der Waals surface area contributed by atoms with Gasteiger partial charge in [-0.05, 0) is 26.8 Å². The maximum absolute atomic E-state index is 12.7. The van der Waals surface area contributed by atoms with Crippen LogP contribution in [-0.2, 0) is 6.18 Å². The molecule has 2 aromatic rings. The van der Waals surface area contributed by atoms with Gasteiger partial charge in [0.1, 0.15) is 11.5 Å². The first kappa shape index (κ1) is 12.7. The number of alkyl halides is 3. The van der Waals surface area contributed by atoms with Gasteiger partial charge in [-0.3, -0.25) is 0 Å². The van der Waals surface area contributed by atoms with E-state index >= 15 is 0 Å². The number of aromatic nitrogens is 3. The standard InChI is InChI=1S/C11H13F3N4/c1-5(2)15-8-7-4-6(3)16-9(7)18-10(17-8)11(12,13)14/h4-5H,1-3H3,(H2,15,16,17,18). The average Bonchev–Trinajstić information content (AvgIpc) is 2.56. The van der Waals surface area contributed by atoms with E-state index in [9.17, 15) is 13.2 Å². The highest BCUT2D eigenvalue weighted by atomic mass is 19.4. The molecule has 0 aliphatic heterocycles. The van der Waals surface area contributed by atoms with E-state index in [-0.39, 0.29) is 17.5 Å². The minimum atomic E-state index is -4.55. The molecule has 98 valence electrons. The van der Waals surface area contributed by atoms with E-state index < -0.39 is 12.0 Å². The number of nitrogens with zero attached hydrogens (tertiary/aromatic N) is 2. The van der Waals surface area contributed by atoms with Crippen LogP contribution in [0.4, 0.5) is 19.0 Å². The Morgan fingerprint density at radius 3 is 2.50 bits per heavy atom. The second-order valence-corrected chi connectivity index (χ2v) is 4.41. The molecule has 4 nitrogen and oxygen atoms in total. The number of anilines is 1. The fourth-order valence-corrected chi connectivity index (χ4v) is 1.65. The van der Waals surface area contributed by atoms with E-state index in [4.69, 9.17) is 0 Å². The van der Waals surface area contributed by atoms with E-state index in [2.05, 4.69) is 20.3 Å². The van der Waals surface area contributed by atoms with Gasteiger partial charge in [-0.25, -0.2) is 9.97 Å². The third-order valence-electron chi connectivity index (χ3n) is 2.30. The Bertz CT molecular complexity index is 571. The zero-order valence-electron chi connectivity index (χ0n) is 10.2. The van der Waals surface area contributed by atoms with Crippen LogP contribution in [-0.4, -0.2) is 21.0 Å². The number of fused-ring (bicyclic) bond motifs is 1. The summed E-state index contributed by atoms with van der Waals surface area (Å²) in [5.74, 6) is -0.938. The van der Waals surface area contributed by atoms with Crippen LogP contribution in [0.5, 0.6) is 0 Å². The Labute approximate surface area is 102 Å². The van der Waals surface area contributed by atoms with E-state index in [1.807, 2.05) is 13.8 Å². The highest BCUT2D eigenvalue weighted by Gasteiger charge is 2.35. The smallest absolute Gasteiger partial charge is 0.367 e. The number of nitrogens with one attached hydrogen (secondary N) is 2. The van der Waals surface area contributed by atoms with Crippen LogP contribution in [0.2, 0.25) is 0 Å². The molecule has 0 unspecified atom stereocenters. The minimum absolute atomic E-state index is 0.0145. The molecule has 0 saturated carbocycles. The Hall–Kier alpha value is -1.79. The Morgan fingerprint density at radius 2 is 1.94 bits per heavy atom. The molecule has 2 rings (SSSR count). The van der Waals surface area contributed by atoms with Gasteiger partial charge in [-0.1, -0.05) is 0 Å². The van der Waals surface area contributed by atoms with E-state index in [1.54, 1.807) is 13.0 Å². The summed E-state index contributed by atoms with van der Waals surface area (Å²) in [7, 11) is 0. The normalized spacial score (nSPS) is 12.4. The van der Waals surface area contributed by atoms with Gasteiger partial charge in [0.2, 0.25) is 5.82 Å². The first-order valence-corrected chi connectivity index (χ1v) is 5.48. The average molecular weight is 258 g/mol. The van der Waals surface area contributed by atoms with Crippen molar-refractivity contribution in [2.75, 3.05) is 5.32 Å². The first-order chi connectivity index (χ1) is 8.27. The van der Waals surface area contributed by atoms with Crippen LogP contribution in [0.3, 0.4) is 0 Å². The van der Waals surface area contributed by atoms with Gasteiger partial charge < -0.3 is 10.3 Å². The van der Waals surface area contributed by atoms with Crippen LogP contribution < -0.4 is 5.32 Å². The lowest BCUT2D eigenvalue weighted by Crippen LogP contribution is -2.16. The third kappa shape index (κ3) is 2.39. The number of aryl methyl sites for hydroxylation is 1. The van der Waals surface area contributed by atoms with Crippen LogP contribution in [0, 0.1) is 6.92 Å². The highest BCUT2D eigenvalue weighted by Crippen LogP contribution is 2.30. The van der Waals surface area contributed by atoms with Crippen molar-refractivity contribution in [2.45, 2.75) is 33.0 Å². The summed E-state index contributed by atoms with van der Waals surface area (Å²) >= 11 is 0. The number of aromatic amines is 1. The van der Waals surface area contributed by atoms with Crippen LogP contribution in [0.1, 0.15) is 25.4 Å². The molecule has 0 aliphatic rings. The topological polar surface area (TPSA) is 53.6 Å². The van der Waals surface area contributed by atoms with Gasteiger partial charge in [0, 0.05) is 11.7 Å². The van der Waals surface area contributed by atoms with Crippen LogP contribution in [0.15, 0.2) is 6.07 Å². The first-order valence-electron chi connectivity index (χ1n) is 5.48. The SMILES string of the molecule is Cc1cc2c(NC(C)C)nc(C(F)(F)F)nc2[nH]1.